The fraction of sp³-hybridized carbons (Fsp3) is 1.00. The van der Waals surface area contributed by atoms with Crippen molar-refractivity contribution in [3.63, 3.8) is 0 Å². The number of piperidine rings is 2. The smallest absolute Gasteiger partial charge is 0.0156 e. The average Bonchev–Trinajstić information content (AvgIpc) is 2.60. The number of rotatable bonds is 6. The monoisotopic (exact) mass is 350 g/mol. The van der Waals surface area contributed by atoms with Gasteiger partial charge in [-0.05, 0) is 84.0 Å². The zero-order chi connectivity index (χ0) is 17.7. The Bertz CT molecular complexity index is 383. The molecule has 3 saturated heterocycles. The fourth-order valence-electron chi connectivity index (χ4n) is 5.37. The third kappa shape index (κ3) is 5.66. The molecule has 1 unspecified atom stereocenters. The minimum atomic E-state index is 0.399. The molecule has 0 bridgehead atoms. The summed E-state index contributed by atoms with van der Waals surface area (Å²) in [5, 5.41) is 3.49. The minimum Gasteiger partial charge on any atom is -0.317 e. The molecule has 146 valence electrons. The van der Waals surface area contributed by atoms with Crippen LogP contribution in [0, 0.1) is 11.8 Å². The Labute approximate surface area is 156 Å². The summed E-state index contributed by atoms with van der Waals surface area (Å²) in [5.41, 5.74) is 0.399. The molecule has 3 heterocycles. The van der Waals surface area contributed by atoms with E-state index in [1.165, 1.54) is 97.6 Å². The average molecular weight is 351 g/mol. The van der Waals surface area contributed by atoms with Crippen LogP contribution in [0.4, 0.5) is 0 Å². The van der Waals surface area contributed by atoms with E-state index in [0.29, 0.717) is 5.54 Å². The molecule has 0 saturated carbocycles. The predicted molar refractivity (Wildman–Crippen MR) is 107 cm³/mol. The largest absolute Gasteiger partial charge is 0.317 e. The van der Waals surface area contributed by atoms with Crippen molar-refractivity contribution in [2.24, 2.45) is 11.8 Å². The zero-order valence-corrected chi connectivity index (χ0v) is 17.1. The van der Waals surface area contributed by atoms with E-state index in [4.69, 9.17) is 0 Å². The predicted octanol–water partition coefficient (Wildman–Crippen LogP) is 2.50. The first kappa shape index (κ1) is 19.6. The highest BCUT2D eigenvalue weighted by molar-refractivity contribution is 4.90. The summed E-state index contributed by atoms with van der Waals surface area (Å²) in [6.45, 7) is 20.1. The van der Waals surface area contributed by atoms with Gasteiger partial charge in [0.15, 0.2) is 0 Å². The Kier molecular flexibility index (Phi) is 7.18. The van der Waals surface area contributed by atoms with Gasteiger partial charge in [-0.1, -0.05) is 6.92 Å². The number of hydrogen-bond donors (Lipinski definition) is 1. The van der Waals surface area contributed by atoms with Crippen LogP contribution in [0.3, 0.4) is 0 Å². The lowest BCUT2D eigenvalue weighted by molar-refractivity contribution is 0.0252. The quantitative estimate of drug-likeness (QED) is 0.794. The van der Waals surface area contributed by atoms with Crippen LogP contribution in [0.5, 0.6) is 0 Å². The zero-order valence-electron chi connectivity index (χ0n) is 17.1. The Hall–Kier alpha value is -0.160. The lowest BCUT2D eigenvalue weighted by atomic mass is 9.82. The normalized spacial score (nSPS) is 30.6. The van der Waals surface area contributed by atoms with E-state index >= 15 is 0 Å². The number of piperazine rings is 1. The Morgan fingerprint density at radius 3 is 2.00 bits per heavy atom. The molecule has 3 aliphatic rings. The molecular weight excluding hydrogens is 308 g/mol. The summed E-state index contributed by atoms with van der Waals surface area (Å²) in [7, 11) is 0. The lowest BCUT2D eigenvalue weighted by Gasteiger charge is -2.47. The number of nitrogens with one attached hydrogen (secondary N) is 1. The summed E-state index contributed by atoms with van der Waals surface area (Å²) in [6.07, 6.45) is 6.82. The molecule has 3 rings (SSSR count). The minimum absolute atomic E-state index is 0.399. The SMILES string of the molecule is CCCN1CCC(CN2CCN(CC3CCNCC3)CC2)CC1(C)C. The van der Waals surface area contributed by atoms with Crippen LogP contribution >= 0.6 is 0 Å². The maximum Gasteiger partial charge on any atom is 0.0156 e. The van der Waals surface area contributed by atoms with Gasteiger partial charge in [-0.15, -0.1) is 0 Å². The summed E-state index contributed by atoms with van der Waals surface area (Å²) in [4.78, 5) is 8.22. The third-order valence-corrected chi connectivity index (χ3v) is 6.90. The van der Waals surface area contributed by atoms with Gasteiger partial charge >= 0.3 is 0 Å². The second kappa shape index (κ2) is 9.16. The first-order valence-corrected chi connectivity index (χ1v) is 11.0. The van der Waals surface area contributed by atoms with Gasteiger partial charge in [-0.2, -0.15) is 0 Å². The highest BCUT2D eigenvalue weighted by Gasteiger charge is 2.35. The molecule has 0 aromatic carbocycles. The second-order valence-electron chi connectivity index (χ2n) is 9.45. The van der Waals surface area contributed by atoms with Gasteiger partial charge in [-0.25, -0.2) is 0 Å². The second-order valence-corrected chi connectivity index (χ2v) is 9.45. The molecule has 0 spiro atoms. The molecule has 3 fully saturated rings. The molecule has 4 heteroatoms. The fourth-order valence-corrected chi connectivity index (χ4v) is 5.37. The van der Waals surface area contributed by atoms with E-state index < -0.39 is 0 Å². The molecular formula is C21H42N4. The Balaban J connectivity index is 1.37. The molecule has 1 atom stereocenters. The lowest BCUT2D eigenvalue weighted by Crippen LogP contribution is -2.54. The van der Waals surface area contributed by atoms with Crippen LogP contribution < -0.4 is 5.32 Å². The van der Waals surface area contributed by atoms with Gasteiger partial charge in [0.2, 0.25) is 0 Å². The molecule has 25 heavy (non-hydrogen) atoms. The maximum atomic E-state index is 3.49. The summed E-state index contributed by atoms with van der Waals surface area (Å²) in [6, 6.07) is 0. The van der Waals surface area contributed by atoms with Crippen LogP contribution in [-0.2, 0) is 0 Å². The van der Waals surface area contributed by atoms with Gasteiger partial charge in [0.1, 0.15) is 0 Å². The van der Waals surface area contributed by atoms with Crippen molar-refractivity contribution >= 4 is 0 Å². The van der Waals surface area contributed by atoms with Crippen molar-refractivity contribution in [3.8, 4) is 0 Å². The van der Waals surface area contributed by atoms with Crippen molar-refractivity contribution in [1.82, 2.24) is 20.0 Å². The molecule has 3 aliphatic heterocycles. The molecule has 0 amide bonds. The number of nitrogens with zero attached hydrogens (tertiary/aromatic N) is 3. The van der Waals surface area contributed by atoms with Crippen molar-refractivity contribution in [1.29, 1.82) is 0 Å². The van der Waals surface area contributed by atoms with Crippen LogP contribution in [-0.4, -0.2) is 85.7 Å². The summed E-state index contributed by atoms with van der Waals surface area (Å²) in [5.74, 6) is 1.84. The topological polar surface area (TPSA) is 21.8 Å². The van der Waals surface area contributed by atoms with Crippen molar-refractivity contribution < 1.29 is 0 Å². The molecule has 1 N–H and O–H groups in total. The van der Waals surface area contributed by atoms with E-state index in [1.807, 2.05) is 0 Å². The van der Waals surface area contributed by atoms with Gasteiger partial charge in [0.25, 0.3) is 0 Å². The number of likely N-dealkylation sites (tertiary alicyclic amines) is 1. The molecule has 4 nitrogen and oxygen atoms in total. The van der Waals surface area contributed by atoms with Crippen LogP contribution in [0.25, 0.3) is 0 Å². The standard InChI is InChI=1S/C21H42N4/c1-4-10-25-11-7-20(16-21(25,2)3)18-24-14-12-23(13-15-24)17-19-5-8-22-9-6-19/h19-20,22H,4-18H2,1-3H3. The Morgan fingerprint density at radius 1 is 0.840 bits per heavy atom. The molecule has 0 aliphatic carbocycles. The van der Waals surface area contributed by atoms with E-state index in [0.717, 1.165) is 11.8 Å². The van der Waals surface area contributed by atoms with E-state index in [2.05, 4.69) is 40.8 Å². The summed E-state index contributed by atoms with van der Waals surface area (Å²) >= 11 is 0. The van der Waals surface area contributed by atoms with Crippen LogP contribution in [0.2, 0.25) is 0 Å². The highest BCUT2D eigenvalue weighted by atomic mass is 15.3. The summed E-state index contributed by atoms with van der Waals surface area (Å²) < 4.78 is 0. The van der Waals surface area contributed by atoms with E-state index in [9.17, 15) is 0 Å². The maximum absolute atomic E-state index is 3.49. The van der Waals surface area contributed by atoms with Crippen LogP contribution in [0.15, 0.2) is 0 Å². The molecule has 0 aromatic heterocycles. The molecule has 0 aromatic rings. The van der Waals surface area contributed by atoms with Gasteiger partial charge in [0, 0.05) is 44.8 Å². The third-order valence-electron chi connectivity index (χ3n) is 6.90. The Morgan fingerprint density at radius 2 is 1.44 bits per heavy atom. The van der Waals surface area contributed by atoms with Crippen molar-refractivity contribution in [2.75, 3.05) is 65.4 Å². The van der Waals surface area contributed by atoms with E-state index in [1.54, 1.807) is 0 Å². The van der Waals surface area contributed by atoms with Gasteiger partial charge in [-0.3, -0.25) is 4.90 Å². The van der Waals surface area contributed by atoms with E-state index in [-0.39, 0.29) is 0 Å². The van der Waals surface area contributed by atoms with Crippen molar-refractivity contribution in [3.05, 3.63) is 0 Å². The van der Waals surface area contributed by atoms with Crippen molar-refractivity contribution in [2.45, 2.75) is 58.4 Å². The van der Waals surface area contributed by atoms with Crippen LogP contribution in [0.1, 0.15) is 52.9 Å². The van der Waals surface area contributed by atoms with Gasteiger partial charge in [0.05, 0.1) is 0 Å². The highest BCUT2D eigenvalue weighted by Crippen LogP contribution is 2.32. The molecule has 0 radical (unpaired) electrons. The first-order chi connectivity index (χ1) is 12.1. The van der Waals surface area contributed by atoms with Gasteiger partial charge < -0.3 is 15.1 Å². The number of hydrogen-bond acceptors (Lipinski definition) is 4. The first-order valence-electron chi connectivity index (χ1n) is 11.0.